The summed E-state index contributed by atoms with van der Waals surface area (Å²) in [7, 11) is 1.74. The van der Waals surface area contributed by atoms with Gasteiger partial charge in [0.2, 0.25) is 0 Å². The number of aryl methyl sites for hydroxylation is 1. The van der Waals surface area contributed by atoms with Crippen LogP contribution in [0.5, 0.6) is 0 Å². The van der Waals surface area contributed by atoms with Gasteiger partial charge < -0.3 is 10.4 Å². The summed E-state index contributed by atoms with van der Waals surface area (Å²) in [6.07, 6.45) is -0.0281. The van der Waals surface area contributed by atoms with Gasteiger partial charge in [0.15, 0.2) is 0 Å². The van der Waals surface area contributed by atoms with Crippen LogP contribution in [0.4, 0.5) is 0 Å². The maximum atomic E-state index is 12.3. The number of hydrogen-bond donors (Lipinski definition) is 2. The van der Waals surface area contributed by atoms with Crippen molar-refractivity contribution in [3.05, 3.63) is 52.3 Å². The number of aromatic nitrogens is 2. The fraction of sp³-hybridized carbons (Fsp3) is 0.412. The van der Waals surface area contributed by atoms with Crippen LogP contribution in [0.15, 0.2) is 30.3 Å². The number of benzene rings is 1. The van der Waals surface area contributed by atoms with Crippen molar-refractivity contribution in [3.8, 4) is 0 Å². The molecular formula is C17H22ClN3O2. The highest BCUT2D eigenvalue weighted by molar-refractivity contribution is 6.31. The quantitative estimate of drug-likeness (QED) is 0.853. The average molecular weight is 336 g/mol. The first-order chi connectivity index (χ1) is 10.9. The SMILES string of the molecule is CC(C)Cc1cc(C(=O)NC[C@@H](O)c2ccccc2Cl)n(C)n1. The molecule has 1 heterocycles. The zero-order chi connectivity index (χ0) is 17.0. The Kier molecular flexibility index (Phi) is 5.80. The fourth-order valence-electron chi connectivity index (χ4n) is 2.39. The number of nitrogens with one attached hydrogen (secondary N) is 1. The summed E-state index contributed by atoms with van der Waals surface area (Å²) in [6, 6.07) is 8.83. The lowest BCUT2D eigenvalue weighted by molar-refractivity contribution is 0.0907. The number of halogens is 1. The van der Waals surface area contributed by atoms with E-state index in [9.17, 15) is 9.90 Å². The van der Waals surface area contributed by atoms with Crippen molar-refractivity contribution in [2.45, 2.75) is 26.4 Å². The predicted octanol–water partition coefficient (Wildman–Crippen LogP) is 2.74. The number of rotatable bonds is 6. The van der Waals surface area contributed by atoms with Crippen LogP contribution in [0.25, 0.3) is 0 Å². The molecule has 0 spiro atoms. The molecule has 0 radical (unpaired) electrons. The summed E-state index contributed by atoms with van der Waals surface area (Å²) in [6.45, 7) is 4.30. The van der Waals surface area contributed by atoms with Gasteiger partial charge in [0.25, 0.3) is 5.91 Å². The van der Waals surface area contributed by atoms with E-state index in [4.69, 9.17) is 11.6 Å². The number of amides is 1. The molecular weight excluding hydrogens is 314 g/mol. The van der Waals surface area contributed by atoms with Gasteiger partial charge in [0.05, 0.1) is 11.8 Å². The molecule has 1 amide bonds. The van der Waals surface area contributed by atoms with Gasteiger partial charge in [-0.3, -0.25) is 9.48 Å². The first-order valence-electron chi connectivity index (χ1n) is 7.62. The van der Waals surface area contributed by atoms with E-state index in [0.29, 0.717) is 22.2 Å². The van der Waals surface area contributed by atoms with E-state index in [-0.39, 0.29) is 12.5 Å². The van der Waals surface area contributed by atoms with Crippen molar-refractivity contribution >= 4 is 17.5 Å². The lowest BCUT2D eigenvalue weighted by Crippen LogP contribution is -2.30. The Bertz CT molecular complexity index is 682. The summed E-state index contributed by atoms with van der Waals surface area (Å²) in [4.78, 5) is 12.3. The van der Waals surface area contributed by atoms with Crippen LogP contribution in [0.3, 0.4) is 0 Å². The highest BCUT2D eigenvalue weighted by Gasteiger charge is 2.16. The van der Waals surface area contributed by atoms with Crippen LogP contribution < -0.4 is 5.32 Å². The maximum Gasteiger partial charge on any atom is 0.269 e. The number of hydrogen-bond acceptors (Lipinski definition) is 3. The normalized spacial score (nSPS) is 12.4. The fourth-order valence-corrected chi connectivity index (χ4v) is 2.65. The van der Waals surface area contributed by atoms with Crippen molar-refractivity contribution < 1.29 is 9.90 Å². The number of aliphatic hydroxyl groups excluding tert-OH is 1. The van der Waals surface area contributed by atoms with Gasteiger partial charge in [-0.15, -0.1) is 0 Å². The minimum Gasteiger partial charge on any atom is -0.387 e. The van der Waals surface area contributed by atoms with Crippen LogP contribution in [-0.4, -0.2) is 27.3 Å². The van der Waals surface area contributed by atoms with Crippen molar-refractivity contribution in [2.75, 3.05) is 6.54 Å². The standard InChI is InChI=1S/C17H22ClN3O2/c1-11(2)8-12-9-15(21(3)20-12)17(23)19-10-16(22)13-6-4-5-7-14(13)18/h4-7,9,11,16,22H,8,10H2,1-3H3,(H,19,23)/t16-/m1/s1. The van der Waals surface area contributed by atoms with Gasteiger partial charge in [-0.2, -0.15) is 5.10 Å². The van der Waals surface area contributed by atoms with Crippen molar-refractivity contribution in [3.63, 3.8) is 0 Å². The molecule has 1 aromatic heterocycles. The first kappa shape index (κ1) is 17.5. The highest BCUT2D eigenvalue weighted by atomic mass is 35.5. The second-order valence-electron chi connectivity index (χ2n) is 5.99. The Morgan fingerprint density at radius 2 is 2.09 bits per heavy atom. The zero-order valence-electron chi connectivity index (χ0n) is 13.6. The van der Waals surface area contributed by atoms with Crippen LogP contribution in [-0.2, 0) is 13.5 Å². The molecule has 0 saturated carbocycles. The summed E-state index contributed by atoms with van der Waals surface area (Å²) in [5.41, 5.74) is 1.96. The van der Waals surface area contributed by atoms with Gasteiger partial charge in [0, 0.05) is 24.2 Å². The van der Waals surface area contributed by atoms with E-state index in [0.717, 1.165) is 12.1 Å². The minimum absolute atomic E-state index is 0.0905. The minimum atomic E-state index is -0.851. The molecule has 0 fully saturated rings. The van der Waals surface area contributed by atoms with Crippen LogP contribution in [0, 0.1) is 5.92 Å². The molecule has 1 aromatic carbocycles. The van der Waals surface area contributed by atoms with Crippen LogP contribution in [0.2, 0.25) is 5.02 Å². The molecule has 5 nitrogen and oxygen atoms in total. The number of aliphatic hydroxyl groups is 1. The van der Waals surface area contributed by atoms with Gasteiger partial charge in [-0.25, -0.2) is 0 Å². The lowest BCUT2D eigenvalue weighted by Gasteiger charge is -2.13. The zero-order valence-corrected chi connectivity index (χ0v) is 14.3. The second-order valence-corrected chi connectivity index (χ2v) is 6.40. The Balaban J connectivity index is 2.00. The molecule has 0 aliphatic heterocycles. The average Bonchev–Trinajstić information content (AvgIpc) is 2.84. The maximum absolute atomic E-state index is 12.3. The third kappa shape index (κ3) is 4.56. The largest absolute Gasteiger partial charge is 0.387 e. The van der Waals surface area contributed by atoms with E-state index >= 15 is 0 Å². The molecule has 23 heavy (non-hydrogen) atoms. The first-order valence-corrected chi connectivity index (χ1v) is 8.00. The monoisotopic (exact) mass is 335 g/mol. The van der Waals surface area contributed by atoms with Gasteiger partial charge in [0.1, 0.15) is 5.69 Å². The second kappa shape index (κ2) is 7.62. The van der Waals surface area contributed by atoms with E-state index in [2.05, 4.69) is 24.3 Å². The Morgan fingerprint density at radius 3 is 2.74 bits per heavy atom. The predicted molar refractivity (Wildman–Crippen MR) is 90.5 cm³/mol. The highest BCUT2D eigenvalue weighted by Crippen LogP contribution is 2.22. The molecule has 2 N–H and O–H groups in total. The van der Waals surface area contributed by atoms with Crippen molar-refractivity contribution in [2.24, 2.45) is 13.0 Å². The van der Waals surface area contributed by atoms with E-state index < -0.39 is 6.10 Å². The van der Waals surface area contributed by atoms with Gasteiger partial charge in [-0.05, 0) is 24.5 Å². The number of carbonyl (C=O) groups excluding carboxylic acids is 1. The molecule has 0 bridgehead atoms. The molecule has 2 rings (SSSR count). The molecule has 0 aliphatic carbocycles. The lowest BCUT2D eigenvalue weighted by atomic mass is 10.1. The Labute approximate surface area is 141 Å². The third-order valence-electron chi connectivity index (χ3n) is 3.50. The smallest absolute Gasteiger partial charge is 0.269 e. The topological polar surface area (TPSA) is 67.2 Å². The van der Waals surface area contributed by atoms with Crippen molar-refractivity contribution in [1.29, 1.82) is 0 Å². The molecule has 2 aromatic rings. The van der Waals surface area contributed by atoms with Crippen molar-refractivity contribution in [1.82, 2.24) is 15.1 Å². The molecule has 0 unspecified atom stereocenters. The summed E-state index contributed by atoms with van der Waals surface area (Å²) >= 11 is 6.04. The summed E-state index contributed by atoms with van der Waals surface area (Å²) < 4.78 is 1.56. The van der Waals surface area contributed by atoms with E-state index in [1.807, 2.05) is 0 Å². The number of nitrogens with zero attached hydrogens (tertiary/aromatic N) is 2. The van der Waals surface area contributed by atoms with Crippen LogP contribution >= 0.6 is 11.6 Å². The third-order valence-corrected chi connectivity index (χ3v) is 3.84. The molecule has 1 atom stereocenters. The molecule has 124 valence electrons. The number of carbonyl (C=O) groups is 1. The van der Waals surface area contributed by atoms with Gasteiger partial charge >= 0.3 is 0 Å². The van der Waals surface area contributed by atoms with E-state index in [1.165, 1.54) is 0 Å². The Morgan fingerprint density at radius 1 is 1.39 bits per heavy atom. The summed E-state index contributed by atoms with van der Waals surface area (Å²) in [5.74, 6) is 0.212. The molecule has 6 heteroatoms. The van der Waals surface area contributed by atoms with Crippen LogP contribution in [0.1, 0.15) is 41.7 Å². The van der Waals surface area contributed by atoms with E-state index in [1.54, 1.807) is 42.1 Å². The molecule has 0 saturated heterocycles. The molecule has 0 aliphatic rings. The Hall–Kier alpha value is -1.85. The summed E-state index contributed by atoms with van der Waals surface area (Å²) in [5, 5.41) is 17.7. The van der Waals surface area contributed by atoms with Gasteiger partial charge in [-0.1, -0.05) is 43.6 Å².